The Morgan fingerprint density at radius 1 is 0.524 bits per heavy atom. The molecule has 1 unspecified atom stereocenters. The number of ether oxygens (including phenoxy) is 2. The number of carbonyl (C=O) groups is 2. The van der Waals surface area contributed by atoms with Crippen LogP contribution in [0.2, 0.25) is 0 Å². The molecule has 0 heterocycles. The molecule has 63 heavy (non-hydrogen) atoms. The molecule has 6 N–H and O–H groups in total. The Bertz CT molecular complexity index is 1420. The summed E-state index contributed by atoms with van der Waals surface area (Å²) in [7, 11) is -9.76. The standard InChI is InChI=1S/C46H80O15P2/c1-3-5-7-8-9-10-11-12-13-14-15-16-17-18-22-25-29-35-46(51)61-44(40-60-63(55,56)59-38-43(49)37-58-62(52,53)54)39-57-45(50)36-30-34-42(48)33-28-24-21-19-20-23-27-32-41(47)31-26-6-4-2/h9-10,12-13,20-21,23-24,27-28,32-33,41-44,47-49H,3-8,11,14-19,22,25-26,29-31,34-40H2,1-2H3,(H,55,56)(H2,52,53,54)/b10-9-,13-12-,23-20-,24-21-,32-27+,33-28+/t41-,42-,43-,44+/m0/s1. The first kappa shape index (κ1) is 60.5. The zero-order valence-corrected chi connectivity index (χ0v) is 39.7. The Kier molecular flexibility index (Phi) is 39.3. The van der Waals surface area contributed by atoms with Crippen LogP contribution >= 0.6 is 15.6 Å². The predicted octanol–water partition coefficient (Wildman–Crippen LogP) is 9.73. The summed E-state index contributed by atoms with van der Waals surface area (Å²) in [5.41, 5.74) is 0. The van der Waals surface area contributed by atoms with Gasteiger partial charge in [-0.15, -0.1) is 0 Å². The molecule has 0 bridgehead atoms. The highest BCUT2D eigenvalue weighted by Crippen LogP contribution is 2.43. The molecule has 364 valence electrons. The maximum absolute atomic E-state index is 12.7. The summed E-state index contributed by atoms with van der Waals surface area (Å²) in [6.45, 7) is 1.36. The van der Waals surface area contributed by atoms with Crippen LogP contribution in [0.5, 0.6) is 0 Å². The van der Waals surface area contributed by atoms with Crippen molar-refractivity contribution >= 4 is 27.6 Å². The number of phosphoric ester groups is 2. The van der Waals surface area contributed by atoms with E-state index in [9.17, 15) is 38.9 Å². The average molecular weight is 935 g/mol. The zero-order valence-electron chi connectivity index (χ0n) is 37.9. The monoisotopic (exact) mass is 934 g/mol. The lowest BCUT2D eigenvalue weighted by molar-refractivity contribution is -0.161. The van der Waals surface area contributed by atoms with Gasteiger partial charge in [-0.3, -0.25) is 23.2 Å². The fourth-order valence-corrected chi connectivity index (χ4v) is 6.86. The van der Waals surface area contributed by atoms with Crippen LogP contribution in [0.25, 0.3) is 0 Å². The highest BCUT2D eigenvalue weighted by Gasteiger charge is 2.28. The van der Waals surface area contributed by atoms with Crippen LogP contribution in [0.15, 0.2) is 72.9 Å². The van der Waals surface area contributed by atoms with Gasteiger partial charge in [-0.25, -0.2) is 9.13 Å². The van der Waals surface area contributed by atoms with Crippen LogP contribution in [0.3, 0.4) is 0 Å². The van der Waals surface area contributed by atoms with Crippen molar-refractivity contribution in [3.05, 3.63) is 72.9 Å². The van der Waals surface area contributed by atoms with E-state index >= 15 is 0 Å². The largest absolute Gasteiger partial charge is 0.472 e. The molecule has 0 amide bonds. The molecule has 17 heteroatoms. The van der Waals surface area contributed by atoms with Crippen LogP contribution in [0, 0.1) is 0 Å². The van der Waals surface area contributed by atoms with Crippen LogP contribution in [0.4, 0.5) is 0 Å². The number of esters is 2. The maximum atomic E-state index is 12.7. The number of aliphatic hydroxyl groups is 3. The summed E-state index contributed by atoms with van der Waals surface area (Å²) in [5, 5.41) is 29.9. The van der Waals surface area contributed by atoms with Crippen molar-refractivity contribution < 1.29 is 71.8 Å². The number of unbranched alkanes of at least 4 members (excludes halogenated alkanes) is 12. The normalized spacial score (nSPS) is 15.6. The van der Waals surface area contributed by atoms with Crippen LogP contribution in [-0.2, 0) is 41.8 Å². The van der Waals surface area contributed by atoms with Gasteiger partial charge in [0.15, 0.2) is 6.10 Å². The fourth-order valence-electron chi connectivity index (χ4n) is 5.71. The lowest BCUT2D eigenvalue weighted by Crippen LogP contribution is -2.30. The van der Waals surface area contributed by atoms with E-state index in [1.54, 1.807) is 24.3 Å². The van der Waals surface area contributed by atoms with E-state index in [4.69, 9.17) is 23.8 Å². The second kappa shape index (κ2) is 40.9. The van der Waals surface area contributed by atoms with Crippen molar-refractivity contribution in [3.63, 3.8) is 0 Å². The molecule has 0 saturated carbocycles. The molecule has 0 spiro atoms. The van der Waals surface area contributed by atoms with Crippen LogP contribution < -0.4 is 0 Å². The topological polar surface area (TPSA) is 236 Å². The summed E-state index contributed by atoms with van der Waals surface area (Å²) in [5.74, 6) is -1.27. The van der Waals surface area contributed by atoms with E-state index < -0.39 is 78.4 Å². The Morgan fingerprint density at radius 2 is 1.02 bits per heavy atom. The summed E-state index contributed by atoms with van der Waals surface area (Å²) in [6.07, 6.45) is 38.1. The SMILES string of the molecule is CCCCC/C=C\C/C=C\CCCCCCCCCC(=O)O[C@H](COC(=O)CCC[C@@H](O)/C=C/C=C\C/C=C\C=C\[C@@H](O)CCCCC)COP(=O)(O)OC[C@@H](O)COP(=O)(O)O. The smallest absolute Gasteiger partial charge is 0.462 e. The van der Waals surface area contributed by atoms with Crippen molar-refractivity contribution in [2.45, 2.75) is 180 Å². The highest BCUT2D eigenvalue weighted by molar-refractivity contribution is 7.47. The molecule has 0 aromatic carbocycles. The summed E-state index contributed by atoms with van der Waals surface area (Å²) < 4.78 is 47.6. The maximum Gasteiger partial charge on any atom is 0.472 e. The first-order chi connectivity index (χ1) is 30.2. The van der Waals surface area contributed by atoms with E-state index in [1.807, 2.05) is 24.3 Å². The van der Waals surface area contributed by atoms with Crippen molar-refractivity contribution in [1.82, 2.24) is 0 Å². The quantitative estimate of drug-likeness (QED) is 0.0110. The van der Waals surface area contributed by atoms with E-state index in [0.29, 0.717) is 12.8 Å². The van der Waals surface area contributed by atoms with Crippen molar-refractivity contribution in [3.8, 4) is 0 Å². The molecule has 0 saturated heterocycles. The molecule has 0 fully saturated rings. The molecule has 0 aliphatic carbocycles. The van der Waals surface area contributed by atoms with Gasteiger partial charge in [0.05, 0.1) is 32.0 Å². The molecule has 0 aromatic heterocycles. The van der Waals surface area contributed by atoms with E-state index in [1.165, 1.54) is 19.3 Å². The van der Waals surface area contributed by atoms with Gasteiger partial charge in [-0.05, 0) is 64.2 Å². The minimum atomic E-state index is -4.89. The number of hydrogen-bond donors (Lipinski definition) is 6. The van der Waals surface area contributed by atoms with Gasteiger partial charge in [-0.1, -0.05) is 151 Å². The Hall–Kier alpha value is -2.52. The number of carbonyl (C=O) groups excluding carboxylic acids is 2. The Balaban J connectivity index is 4.73. The summed E-state index contributed by atoms with van der Waals surface area (Å²) in [4.78, 5) is 52.8. The number of phosphoric acid groups is 2. The van der Waals surface area contributed by atoms with Gasteiger partial charge in [-0.2, -0.15) is 0 Å². The fraction of sp³-hybridized carbons (Fsp3) is 0.696. The van der Waals surface area contributed by atoms with Crippen LogP contribution in [-0.4, -0.2) is 92.8 Å². The van der Waals surface area contributed by atoms with Crippen molar-refractivity contribution in [2.24, 2.45) is 0 Å². The van der Waals surface area contributed by atoms with Gasteiger partial charge >= 0.3 is 27.6 Å². The predicted molar refractivity (Wildman–Crippen MR) is 246 cm³/mol. The van der Waals surface area contributed by atoms with Crippen molar-refractivity contribution in [2.75, 3.05) is 26.4 Å². The average Bonchev–Trinajstić information content (AvgIpc) is 3.23. The molecule has 0 rings (SSSR count). The number of hydrogen-bond acceptors (Lipinski definition) is 12. The number of rotatable bonds is 42. The second-order valence-electron chi connectivity index (χ2n) is 15.4. The van der Waals surface area contributed by atoms with E-state index in [2.05, 4.69) is 47.2 Å². The van der Waals surface area contributed by atoms with E-state index in [0.717, 1.165) is 83.5 Å². The number of allylic oxidation sites excluding steroid dienone is 10. The molecule has 0 aliphatic heterocycles. The zero-order chi connectivity index (χ0) is 46.9. The van der Waals surface area contributed by atoms with Crippen LogP contribution in [0.1, 0.15) is 155 Å². The van der Waals surface area contributed by atoms with Crippen molar-refractivity contribution in [1.29, 1.82) is 0 Å². The van der Waals surface area contributed by atoms with Gasteiger partial charge in [0.2, 0.25) is 0 Å². The first-order valence-electron chi connectivity index (χ1n) is 22.8. The molecular weight excluding hydrogens is 854 g/mol. The van der Waals surface area contributed by atoms with Gasteiger partial charge in [0, 0.05) is 12.8 Å². The minimum Gasteiger partial charge on any atom is -0.462 e. The lowest BCUT2D eigenvalue weighted by Gasteiger charge is -2.20. The van der Waals surface area contributed by atoms with Gasteiger partial charge in [0.1, 0.15) is 12.7 Å². The third-order valence-corrected chi connectivity index (χ3v) is 10.7. The molecular formula is C46H80O15P2. The Morgan fingerprint density at radius 3 is 1.62 bits per heavy atom. The van der Waals surface area contributed by atoms with Gasteiger partial charge in [0.25, 0.3) is 0 Å². The first-order valence-corrected chi connectivity index (χ1v) is 25.9. The summed E-state index contributed by atoms with van der Waals surface area (Å²) >= 11 is 0. The summed E-state index contributed by atoms with van der Waals surface area (Å²) in [6, 6.07) is 0. The Labute approximate surface area is 377 Å². The molecule has 0 radical (unpaired) electrons. The molecule has 0 aliphatic rings. The minimum absolute atomic E-state index is 0.0579. The third-order valence-electron chi connectivity index (χ3n) is 9.27. The van der Waals surface area contributed by atoms with Gasteiger partial charge < -0.3 is 39.5 Å². The molecule has 5 atom stereocenters. The third kappa shape index (κ3) is 44.5. The molecule has 0 aromatic rings. The number of aliphatic hydroxyl groups excluding tert-OH is 3. The van der Waals surface area contributed by atoms with E-state index in [-0.39, 0.29) is 25.7 Å². The highest BCUT2D eigenvalue weighted by atomic mass is 31.2. The second-order valence-corrected chi connectivity index (χ2v) is 18.1. The molecule has 15 nitrogen and oxygen atoms in total. The lowest BCUT2D eigenvalue weighted by atomic mass is 10.1.